The van der Waals surface area contributed by atoms with Crippen molar-refractivity contribution in [3.63, 3.8) is 0 Å². The first-order valence-electron chi connectivity index (χ1n) is 6.67. The molecule has 0 aromatic carbocycles. The van der Waals surface area contributed by atoms with Crippen LogP contribution < -0.4 is 5.32 Å². The molecule has 1 aromatic rings. The Kier molecular flexibility index (Phi) is 5.66. The van der Waals surface area contributed by atoms with Gasteiger partial charge in [0.25, 0.3) is 0 Å². The first-order chi connectivity index (χ1) is 9.31. The number of esters is 1. The van der Waals surface area contributed by atoms with Gasteiger partial charge in [-0.2, -0.15) is 0 Å². The molecule has 112 valence electrons. The molecule has 0 aliphatic rings. The summed E-state index contributed by atoms with van der Waals surface area (Å²) in [5.41, 5.74) is 0.681. The summed E-state index contributed by atoms with van der Waals surface area (Å²) in [6.07, 6.45) is 0. The maximum Gasteiger partial charge on any atom is 0.360 e. The zero-order valence-electron chi connectivity index (χ0n) is 12.6. The molecule has 1 N–H and O–H groups in total. The summed E-state index contributed by atoms with van der Waals surface area (Å²) in [5, 5.41) is 10.4. The first kappa shape index (κ1) is 16.1. The number of aromatic nitrogens is 3. The molecule has 1 aromatic heterocycles. The SMILES string of the molecule is Cc1c(C(=O)OCC(C)C)nnn1CC(=O)NC(C)C. The van der Waals surface area contributed by atoms with Gasteiger partial charge in [-0.3, -0.25) is 4.79 Å². The van der Waals surface area contributed by atoms with Gasteiger partial charge in [0.05, 0.1) is 12.3 Å². The van der Waals surface area contributed by atoms with Crippen molar-refractivity contribution < 1.29 is 14.3 Å². The van der Waals surface area contributed by atoms with Gasteiger partial charge < -0.3 is 10.1 Å². The molecule has 0 saturated carbocycles. The lowest BCUT2D eigenvalue weighted by Crippen LogP contribution is -2.33. The Morgan fingerprint density at radius 2 is 1.95 bits per heavy atom. The number of hydrogen-bond acceptors (Lipinski definition) is 5. The number of carbonyl (C=O) groups is 2. The topological polar surface area (TPSA) is 86.1 Å². The molecule has 0 aliphatic heterocycles. The van der Waals surface area contributed by atoms with Crippen LogP contribution in [0.3, 0.4) is 0 Å². The molecule has 0 unspecified atom stereocenters. The Balaban J connectivity index is 2.69. The van der Waals surface area contributed by atoms with Crippen molar-refractivity contribution in [2.24, 2.45) is 5.92 Å². The Morgan fingerprint density at radius 3 is 2.50 bits per heavy atom. The molecule has 0 atom stereocenters. The fraction of sp³-hybridized carbons (Fsp3) is 0.692. The Labute approximate surface area is 118 Å². The van der Waals surface area contributed by atoms with Crippen LogP contribution in [0, 0.1) is 12.8 Å². The number of nitrogens with zero attached hydrogens (tertiary/aromatic N) is 3. The quantitative estimate of drug-likeness (QED) is 0.784. The van der Waals surface area contributed by atoms with Crippen LogP contribution in [-0.4, -0.2) is 39.5 Å². The van der Waals surface area contributed by atoms with Crippen molar-refractivity contribution in [3.8, 4) is 0 Å². The second-order valence-corrected chi connectivity index (χ2v) is 5.40. The van der Waals surface area contributed by atoms with Crippen molar-refractivity contribution in [3.05, 3.63) is 11.4 Å². The molecule has 0 radical (unpaired) electrons. The van der Waals surface area contributed by atoms with Crippen molar-refractivity contribution in [1.29, 1.82) is 0 Å². The summed E-state index contributed by atoms with van der Waals surface area (Å²) < 4.78 is 6.49. The van der Waals surface area contributed by atoms with Crippen LogP contribution in [-0.2, 0) is 16.1 Å². The summed E-state index contributed by atoms with van der Waals surface area (Å²) in [6, 6.07) is 0.0572. The summed E-state index contributed by atoms with van der Waals surface area (Å²) in [4.78, 5) is 23.5. The average molecular weight is 282 g/mol. The Hall–Kier alpha value is -1.92. The zero-order chi connectivity index (χ0) is 15.3. The van der Waals surface area contributed by atoms with Crippen molar-refractivity contribution in [2.75, 3.05) is 6.61 Å². The Bertz CT molecular complexity index is 480. The van der Waals surface area contributed by atoms with Crippen LogP contribution in [0.15, 0.2) is 0 Å². The van der Waals surface area contributed by atoms with E-state index in [1.807, 2.05) is 27.7 Å². The molecular formula is C13H22N4O3. The second kappa shape index (κ2) is 7.02. The van der Waals surface area contributed by atoms with E-state index in [1.165, 1.54) is 4.68 Å². The van der Waals surface area contributed by atoms with Crippen molar-refractivity contribution in [2.45, 2.75) is 47.2 Å². The summed E-state index contributed by atoms with van der Waals surface area (Å²) in [7, 11) is 0. The minimum Gasteiger partial charge on any atom is -0.461 e. The molecule has 7 heteroatoms. The molecule has 7 nitrogen and oxygen atoms in total. The highest BCUT2D eigenvalue weighted by molar-refractivity contribution is 5.88. The second-order valence-electron chi connectivity index (χ2n) is 5.40. The maximum absolute atomic E-state index is 11.8. The van der Waals surface area contributed by atoms with E-state index in [4.69, 9.17) is 4.74 Å². The largest absolute Gasteiger partial charge is 0.461 e. The third-order valence-electron chi connectivity index (χ3n) is 2.47. The van der Waals surface area contributed by atoms with Crippen LogP contribution in [0.1, 0.15) is 43.9 Å². The predicted molar refractivity (Wildman–Crippen MR) is 73.2 cm³/mol. The monoisotopic (exact) mass is 282 g/mol. The lowest BCUT2D eigenvalue weighted by molar-refractivity contribution is -0.122. The van der Waals surface area contributed by atoms with E-state index in [0.29, 0.717) is 12.3 Å². The van der Waals surface area contributed by atoms with Crippen molar-refractivity contribution in [1.82, 2.24) is 20.3 Å². The minimum atomic E-state index is -0.508. The summed E-state index contributed by atoms with van der Waals surface area (Å²) in [5.74, 6) is -0.423. The molecule has 0 bridgehead atoms. The number of rotatable bonds is 6. The van der Waals surface area contributed by atoms with E-state index in [2.05, 4.69) is 15.6 Å². The highest BCUT2D eigenvalue weighted by Gasteiger charge is 2.19. The average Bonchev–Trinajstić information content (AvgIpc) is 2.67. The first-order valence-corrected chi connectivity index (χ1v) is 6.67. The molecule has 0 fully saturated rings. The van der Waals surface area contributed by atoms with E-state index < -0.39 is 5.97 Å². The van der Waals surface area contributed by atoms with E-state index in [1.54, 1.807) is 6.92 Å². The highest BCUT2D eigenvalue weighted by Crippen LogP contribution is 2.06. The minimum absolute atomic E-state index is 0.0362. The molecule has 1 amide bonds. The van der Waals surface area contributed by atoms with Crippen LogP contribution in [0.2, 0.25) is 0 Å². The summed E-state index contributed by atoms with van der Waals surface area (Å²) in [6.45, 7) is 9.71. The van der Waals surface area contributed by atoms with Gasteiger partial charge >= 0.3 is 5.97 Å². The van der Waals surface area contributed by atoms with Crippen LogP contribution in [0.4, 0.5) is 0 Å². The van der Waals surface area contributed by atoms with Crippen LogP contribution in [0.5, 0.6) is 0 Å². The molecule has 1 heterocycles. The number of carbonyl (C=O) groups excluding carboxylic acids is 2. The zero-order valence-corrected chi connectivity index (χ0v) is 12.6. The molecular weight excluding hydrogens is 260 g/mol. The van der Waals surface area contributed by atoms with Gasteiger partial charge in [0, 0.05) is 6.04 Å². The smallest absolute Gasteiger partial charge is 0.360 e. The maximum atomic E-state index is 11.8. The van der Waals surface area contributed by atoms with Gasteiger partial charge in [0.2, 0.25) is 5.91 Å². The van der Waals surface area contributed by atoms with Gasteiger partial charge in [-0.1, -0.05) is 19.1 Å². The van der Waals surface area contributed by atoms with Gasteiger partial charge in [-0.05, 0) is 26.7 Å². The number of amides is 1. The van der Waals surface area contributed by atoms with Crippen molar-refractivity contribution >= 4 is 11.9 Å². The van der Waals surface area contributed by atoms with Gasteiger partial charge in [-0.15, -0.1) is 5.10 Å². The fourth-order valence-electron chi connectivity index (χ4n) is 1.51. The molecule has 0 spiro atoms. The number of hydrogen-bond donors (Lipinski definition) is 1. The van der Waals surface area contributed by atoms with E-state index in [-0.39, 0.29) is 30.1 Å². The lowest BCUT2D eigenvalue weighted by atomic mass is 10.2. The molecule has 0 saturated heterocycles. The van der Waals surface area contributed by atoms with E-state index in [0.717, 1.165) is 0 Å². The molecule has 20 heavy (non-hydrogen) atoms. The third-order valence-corrected chi connectivity index (χ3v) is 2.47. The van der Waals surface area contributed by atoms with Crippen LogP contribution >= 0.6 is 0 Å². The number of ether oxygens (including phenoxy) is 1. The third kappa shape index (κ3) is 4.64. The fourth-order valence-corrected chi connectivity index (χ4v) is 1.51. The normalized spacial score (nSPS) is 10.9. The van der Waals surface area contributed by atoms with E-state index >= 15 is 0 Å². The molecule has 1 rings (SSSR count). The van der Waals surface area contributed by atoms with Gasteiger partial charge in [0.1, 0.15) is 6.54 Å². The predicted octanol–water partition coefficient (Wildman–Crippen LogP) is 0.924. The van der Waals surface area contributed by atoms with E-state index in [9.17, 15) is 9.59 Å². The lowest BCUT2D eigenvalue weighted by Gasteiger charge is -2.09. The highest BCUT2D eigenvalue weighted by atomic mass is 16.5. The van der Waals surface area contributed by atoms with Gasteiger partial charge in [-0.25, -0.2) is 9.48 Å². The standard InChI is InChI=1S/C13H22N4O3/c1-8(2)7-20-13(19)12-10(5)17(16-15-12)6-11(18)14-9(3)4/h8-9H,6-7H2,1-5H3,(H,14,18). The summed E-state index contributed by atoms with van der Waals surface area (Å²) >= 11 is 0. The van der Waals surface area contributed by atoms with Crippen LogP contribution in [0.25, 0.3) is 0 Å². The van der Waals surface area contributed by atoms with Gasteiger partial charge in [0.15, 0.2) is 5.69 Å². The molecule has 0 aliphatic carbocycles. The number of nitrogens with one attached hydrogen (secondary N) is 1. The Morgan fingerprint density at radius 1 is 1.30 bits per heavy atom.